The number of esters is 5. The van der Waals surface area contributed by atoms with Crippen molar-refractivity contribution in [1.29, 1.82) is 0 Å². The van der Waals surface area contributed by atoms with Gasteiger partial charge in [0.05, 0.1) is 35.2 Å². The second kappa shape index (κ2) is 18.2. The SMILES string of the molecule is C.C.C.C.C.C.C.C.CC1C(=O)OC(=O)C1C(C)(CC(C)(CC1C(C)C2CC1C1COC(=O)C21)C(=O)OC1(C)C2CC3CC(C2)CC1C3)C(=O)OC12CC3CC(C1)C(=O)C(C3)C2. The number of rotatable bonds is 9. The van der Waals surface area contributed by atoms with E-state index in [1.165, 1.54) is 6.42 Å². The summed E-state index contributed by atoms with van der Waals surface area (Å²) in [7, 11) is 0. The summed E-state index contributed by atoms with van der Waals surface area (Å²) >= 11 is 0. The standard InChI is InChI=1S/C44H58O10.8CH4/c1-20-29-13-30(32-18-51-37(47)33(29)32)31(20)17-41(3,39(49)53-43(5)27-9-22-6-23(11-27)12-28(43)10-22)19-42(4,34-21(2)36(46)52-38(34)48)40(50)54-44-14-24-7-25(15-44)35(45)26(8-24)16-44;;;;;;;;/h20-34H,6-19H2,1-5H3;8*1H4. The van der Waals surface area contributed by atoms with E-state index in [-0.39, 0.29) is 131 Å². The Kier molecular flexibility index (Phi) is 16.3. The van der Waals surface area contributed by atoms with Crippen molar-refractivity contribution in [3.05, 3.63) is 0 Å². The molecule has 12 fully saturated rings. The molecule has 2 saturated heterocycles. The van der Waals surface area contributed by atoms with Gasteiger partial charge in [-0.15, -0.1) is 0 Å². The largest absolute Gasteiger partial charge is 0.465 e. The van der Waals surface area contributed by atoms with Crippen LogP contribution < -0.4 is 0 Å². The summed E-state index contributed by atoms with van der Waals surface area (Å²) in [6.07, 6.45) is 10.2. The summed E-state index contributed by atoms with van der Waals surface area (Å²) < 4.78 is 24.4. The fraction of sp³-hybridized carbons (Fsp3) is 0.885. The van der Waals surface area contributed by atoms with Gasteiger partial charge in [-0.3, -0.25) is 28.8 Å². The molecule has 12 rings (SSSR count). The van der Waals surface area contributed by atoms with E-state index in [1.54, 1.807) is 13.8 Å². The van der Waals surface area contributed by atoms with Gasteiger partial charge in [0, 0.05) is 17.8 Å². The van der Waals surface area contributed by atoms with E-state index >= 15 is 9.59 Å². The molecule has 10 saturated carbocycles. The van der Waals surface area contributed by atoms with Crippen LogP contribution in [0.25, 0.3) is 0 Å². The van der Waals surface area contributed by atoms with E-state index in [0.29, 0.717) is 61.9 Å². The van der Waals surface area contributed by atoms with Crippen LogP contribution in [0, 0.1) is 99.6 Å². The van der Waals surface area contributed by atoms with Crippen molar-refractivity contribution in [2.24, 2.45) is 99.6 Å². The molecule has 0 spiro atoms. The third-order valence-corrected chi connectivity index (χ3v) is 18.3. The highest BCUT2D eigenvalue weighted by Crippen LogP contribution is 2.65. The number of carbonyl (C=O) groups excluding carboxylic acids is 6. The molecule has 0 aromatic rings. The highest BCUT2D eigenvalue weighted by molar-refractivity contribution is 6.00. The van der Waals surface area contributed by atoms with Crippen molar-refractivity contribution >= 4 is 35.6 Å². The number of ether oxygens (including phenoxy) is 4. The van der Waals surface area contributed by atoms with Crippen LogP contribution in [0.15, 0.2) is 0 Å². The summed E-state index contributed by atoms with van der Waals surface area (Å²) in [5.74, 6) is -1.54. The molecule has 10 nitrogen and oxygen atoms in total. The molecule has 10 heteroatoms. The molecule has 0 aromatic carbocycles. The van der Waals surface area contributed by atoms with Gasteiger partial charge < -0.3 is 18.9 Å². The van der Waals surface area contributed by atoms with Gasteiger partial charge in [0.2, 0.25) is 0 Å². The van der Waals surface area contributed by atoms with Gasteiger partial charge in [-0.1, -0.05) is 73.3 Å². The first-order chi connectivity index (χ1) is 25.5. The Morgan fingerprint density at radius 2 is 1.23 bits per heavy atom. The van der Waals surface area contributed by atoms with Crippen LogP contribution in [-0.2, 0) is 47.7 Å². The first kappa shape index (κ1) is 55.4. The number of ketones is 1. The maximum absolute atomic E-state index is 15.4. The number of hydrogen-bond acceptors (Lipinski definition) is 10. The Hall–Kier alpha value is -2.78. The molecule has 62 heavy (non-hydrogen) atoms. The maximum atomic E-state index is 15.4. The van der Waals surface area contributed by atoms with Crippen molar-refractivity contribution in [2.75, 3.05) is 6.61 Å². The van der Waals surface area contributed by atoms with Crippen LogP contribution in [0.2, 0.25) is 0 Å². The number of cyclic esters (lactones) is 3. The van der Waals surface area contributed by atoms with Crippen molar-refractivity contribution in [2.45, 2.75) is 189 Å². The first-order valence-corrected chi connectivity index (χ1v) is 21.4. The first-order valence-electron chi connectivity index (χ1n) is 21.4. The van der Waals surface area contributed by atoms with Crippen molar-refractivity contribution in [3.63, 3.8) is 0 Å². The lowest BCUT2D eigenvalue weighted by Crippen LogP contribution is -2.60. The summed E-state index contributed by atoms with van der Waals surface area (Å²) in [6, 6.07) is 0. The van der Waals surface area contributed by atoms with Gasteiger partial charge in [-0.05, 0) is 158 Å². The summed E-state index contributed by atoms with van der Waals surface area (Å²) in [6.45, 7) is 10.0. The molecule has 12 unspecified atom stereocenters. The molecule has 2 heterocycles. The van der Waals surface area contributed by atoms with Crippen LogP contribution in [-0.4, -0.2) is 53.4 Å². The predicted molar refractivity (Wildman–Crippen MR) is 244 cm³/mol. The van der Waals surface area contributed by atoms with Gasteiger partial charge in [-0.25, -0.2) is 0 Å². The summed E-state index contributed by atoms with van der Waals surface area (Å²) in [5.41, 5.74) is -4.23. The van der Waals surface area contributed by atoms with Crippen LogP contribution in [0.1, 0.15) is 178 Å². The molecule has 10 aliphatic carbocycles. The third kappa shape index (κ3) is 7.81. The molecule has 2 aliphatic heterocycles. The monoisotopic (exact) mass is 875 g/mol. The number of Topliss-reactive ketones (excluding diaryl/α,β-unsaturated/α-hetero) is 1. The zero-order chi connectivity index (χ0) is 37.9. The van der Waals surface area contributed by atoms with Gasteiger partial charge in [-0.2, -0.15) is 0 Å². The molecule has 10 bridgehead atoms. The van der Waals surface area contributed by atoms with Crippen molar-refractivity contribution in [1.82, 2.24) is 0 Å². The second-order valence-electron chi connectivity index (χ2n) is 21.5. The number of carbonyl (C=O) groups is 6. The minimum absolute atomic E-state index is 0. The molecular formula is C52H90O10. The van der Waals surface area contributed by atoms with E-state index in [9.17, 15) is 19.2 Å². The van der Waals surface area contributed by atoms with Crippen LogP contribution >= 0.6 is 0 Å². The predicted octanol–water partition coefficient (Wildman–Crippen LogP) is 11.3. The van der Waals surface area contributed by atoms with Crippen LogP contribution in [0.3, 0.4) is 0 Å². The van der Waals surface area contributed by atoms with E-state index in [1.807, 2.05) is 6.92 Å². The highest BCUT2D eigenvalue weighted by atomic mass is 16.6. The Morgan fingerprint density at radius 1 is 0.661 bits per heavy atom. The van der Waals surface area contributed by atoms with Gasteiger partial charge >= 0.3 is 29.8 Å². The highest BCUT2D eigenvalue weighted by Gasteiger charge is 2.67. The van der Waals surface area contributed by atoms with Crippen molar-refractivity contribution < 1.29 is 47.7 Å². The molecule has 12 atom stereocenters. The average Bonchev–Trinajstić information content (AvgIpc) is 3.82. The van der Waals surface area contributed by atoms with Crippen LogP contribution in [0.4, 0.5) is 0 Å². The molecule has 0 amide bonds. The molecule has 0 aromatic heterocycles. The molecule has 0 radical (unpaired) electrons. The third-order valence-electron chi connectivity index (χ3n) is 18.3. The fourth-order valence-corrected chi connectivity index (χ4v) is 16.1. The van der Waals surface area contributed by atoms with Gasteiger partial charge in [0.25, 0.3) is 0 Å². The average molecular weight is 875 g/mol. The molecule has 358 valence electrons. The van der Waals surface area contributed by atoms with E-state index in [0.717, 1.165) is 44.9 Å². The number of hydrogen-bond donors (Lipinski definition) is 0. The fourth-order valence-electron chi connectivity index (χ4n) is 16.1. The maximum Gasteiger partial charge on any atom is 0.318 e. The van der Waals surface area contributed by atoms with Crippen LogP contribution in [0.5, 0.6) is 0 Å². The quantitative estimate of drug-likeness (QED) is 0.125. The lowest BCUT2D eigenvalue weighted by atomic mass is 9.50. The van der Waals surface area contributed by atoms with Gasteiger partial charge in [0.1, 0.15) is 17.0 Å². The Balaban J connectivity index is 0.00000165. The van der Waals surface area contributed by atoms with E-state index < -0.39 is 51.8 Å². The second-order valence-corrected chi connectivity index (χ2v) is 21.5. The minimum Gasteiger partial charge on any atom is -0.465 e. The molecule has 0 N–H and O–H groups in total. The smallest absolute Gasteiger partial charge is 0.318 e. The zero-order valence-electron chi connectivity index (χ0n) is 32.6. The normalized spacial score (nSPS) is 44.6. The van der Waals surface area contributed by atoms with E-state index in [4.69, 9.17) is 18.9 Å². The van der Waals surface area contributed by atoms with E-state index in [2.05, 4.69) is 13.8 Å². The number of fused-ring (bicyclic) bond motifs is 5. The minimum atomic E-state index is -1.59. The molecule has 12 aliphatic rings. The molecular weight excluding hydrogens is 785 g/mol. The van der Waals surface area contributed by atoms with Crippen molar-refractivity contribution in [3.8, 4) is 0 Å². The van der Waals surface area contributed by atoms with Gasteiger partial charge in [0.15, 0.2) is 0 Å². The Labute approximate surface area is 377 Å². The lowest BCUT2D eigenvalue weighted by molar-refractivity contribution is -0.218. The lowest BCUT2D eigenvalue weighted by Gasteiger charge is -2.59. The topological polar surface area (TPSA) is 139 Å². The summed E-state index contributed by atoms with van der Waals surface area (Å²) in [5, 5.41) is 0. The summed E-state index contributed by atoms with van der Waals surface area (Å²) in [4.78, 5) is 83.2. The Bertz CT molecular complexity index is 1670. The zero-order valence-corrected chi connectivity index (χ0v) is 32.6. The Morgan fingerprint density at radius 3 is 1.76 bits per heavy atom.